The molecule has 2 N–H and O–H groups in total. The number of benzene rings is 2. The molecule has 1 aromatic heterocycles. The van der Waals surface area contributed by atoms with Gasteiger partial charge in [0.15, 0.2) is 11.0 Å². The number of methoxy groups -OCH3 is 1. The van der Waals surface area contributed by atoms with Gasteiger partial charge in [0.05, 0.1) is 23.5 Å². The van der Waals surface area contributed by atoms with Crippen molar-refractivity contribution in [3.63, 3.8) is 0 Å². The first kappa shape index (κ1) is 23.3. The summed E-state index contributed by atoms with van der Waals surface area (Å²) >= 11 is 7.87. The third kappa shape index (κ3) is 5.86. The van der Waals surface area contributed by atoms with E-state index in [1.807, 2.05) is 35.8 Å². The molecule has 1 heterocycles. The summed E-state index contributed by atoms with van der Waals surface area (Å²) in [5, 5.41) is 23.1. The van der Waals surface area contributed by atoms with Crippen LogP contribution in [0.2, 0.25) is 0 Å². The molecule has 0 bridgehead atoms. The Labute approximate surface area is 200 Å². The molecule has 8 nitrogen and oxygen atoms in total. The Balaban J connectivity index is 1.62. The van der Waals surface area contributed by atoms with Gasteiger partial charge in [-0.05, 0) is 59.3 Å². The number of amides is 1. The van der Waals surface area contributed by atoms with E-state index >= 15 is 0 Å². The number of carbonyl (C=O) groups is 1. The molecule has 0 saturated carbocycles. The van der Waals surface area contributed by atoms with Crippen molar-refractivity contribution in [2.45, 2.75) is 18.6 Å². The average molecular weight is 569 g/mol. The number of phenolic OH excluding ortho intramolecular Hbond substituents is 1. The zero-order valence-corrected chi connectivity index (χ0v) is 20.7. The molecule has 0 radical (unpaired) electrons. The summed E-state index contributed by atoms with van der Waals surface area (Å²) in [5.41, 5.74) is 3.83. The van der Waals surface area contributed by atoms with Gasteiger partial charge < -0.3 is 14.4 Å². The minimum atomic E-state index is -0.300. The van der Waals surface area contributed by atoms with Crippen molar-refractivity contribution in [2.75, 3.05) is 12.9 Å². The quantitative estimate of drug-likeness (QED) is 0.236. The summed E-state index contributed by atoms with van der Waals surface area (Å²) in [4.78, 5) is 12.2. The number of phenols is 1. The van der Waals surface area contributed by atoms with Crippen molar-refractivity contribution in [3.8, 4) is 22.9 Å². The van der Waals surface area contributed by atoms with Crippen molar-refractivity contribution >= 4 is 55.7 Å². The van der Waals surface area contributed by atoms with Gasteiger partial charge in [-0.3, -0.25) is 4.79 Å². The van der Waals surface area contributed by atoms with Crippen LogP contribution >= 0.6 is 43.6 Å². The van der Waals surface area contributed by atoms with Gasteiger partial charge in [0.1, 0.15) is 11.5 Å². The number of hydrazone groups is 1. The van der Waals surface area contributed by atoms with Crippen LogP contribution in [0.3, 0.4) is 0 Å². The SMILES string of the molecule is CCn1c(SCC(=O)NN=Cc2cc(Br)cc(Br)c2O)nnc1-c1ccc(OC)cc1. The zero-order valence-electron chi connectivity index (χ0n) is 16.7. The molecule has 31 heavy (non-hydrogen) atoms. The largest absolute Gasteiger partial charge is 0.506 e. The maximum atomic E-state index is 12.2. The molecule has 0 aliphatic heterocycles. The number of nitrogens with zero attached hydrogens (tertiary/aromatic N) is 4. The molecular weight excluding hydrogens is 550 g/mol. The summed E-state index contributed by atoms with van der Waals surface area (Å²) in [6, 6.07) is 11.0. The van der Waals surface area contributed by atoms with Crippen LogP contribution in [0.4, 0.5) is 0 Å². The van der Waals surface area contributed by atoms with Gasteiger partial charge in [-0.2, -0.15) is 5.10 Å². The highest BCUT2D eigenvalue weighted by molar-refractivity contribution is 9.11. The van der Waals surface area contributed by atoms with Gasteiger partial charge in [-0.1, -0.05) is 27.7 Å². The Bertz CT molecular complexity index is 1100. The molecule has 0 unspecified atom stereocenters. The Kier molecular flexibility index (Phi) is 8.10. The third-order valence-corrected chi connectivity index (χ3v) is 6.19. The number of ether oxygens (including phenoxy) is 1. The van der Waals surface area contributed by atoms with Crippen molar-refractivity contribution in [1.29, 1.82) is 0 Å². The molecule has 1 amide bonds. The van der Waals surface area contributed by atoms with E-state index in [9.17, 15) is 9.90 Å². The minimum absolute atomic E-state index is 0.0395. The van der Waals surface area contributed by atoms with Crippen molar-refractivity contribution < 1.29 is 14.6 Å². The topological polar surface area (TPSA) is 102 Å². The highest BCUT2D eigenvalue weighted by Gasteiger charge is 2.14. The summed E-state index contributed by atoms with van der Waals surface area (Å²) in [7, 11) is 1.62. The summed E-state index contributed by atoms with van der Waals surface area (Å²) in [5.74, 6) is 1.35. The number of hydrogen-bond acceptors (Lipinski definition) is 7. The minimum Gasteiger partial charge on any atom is -0.506 e. The van der Waals surface area contributed by atoms with Gasteiger partial charge in [-0.15, -0.1) is 10.2 Å². The lowest BCUT2D eigenvalue weighted by atomic mass is 10.2. The number of thioether (sulfide) groups is 1. The molecule has 0 atom stereocenters. The van der Waals surface area contributed by atoms with Crippen LogP contribution in [0.1, 0.15) is 12.5 Å². The van der Waals surface area contributed by atoms with Crippen LogP contribution in [-0.2, 0) is 11.3 Å². The van der Waals surface area contributed by atoms with Gasteiger partial charge in [0.2, 0.25) is 0 Å². The number of hydrogen-bond donors (Lipinski definition) is 2. The lowest BCUT2D eigenvalue weighted by Gasteiger charge is -2.07. The second-order valence-electron chi connectivity index (χ2n) is 6.19. The normalized spacial score (nSPS) is 11.1. The van der Waals surface area contributed by atoms with E-state index in [1.54, 1.807) is 19.2 Å². The Hall–Kier alpha value is -2.37. The maximum absolute atomic E-state index is 12.2. The van der Waals surface area contributed by atoms with E-state index < -0.39 is 0 Å². The molecular formula is C20H19Br2N5O3S. The Morgan fingerprint density at radius 3 is 2.71 bits per heavy atom. The first-order chi connectivity index (χ1) is 14.9. The van der Waals surface area contributed by atoms with Crippen LogP contribution in [0.15, 0.2) is 55.6 Å². The maximum Gasteiger partial charge on any atom is 0.250 e. The first-order valence-electron chi connectivity index (χ1n) is 9.13. The van der Waals surface area contributed by atoms with Crippen LogP contribution in [-0.4, -0.2) is 44.9 Å². The number of halogens is 2. The van der Waals surface area contributed by atoms with Gasteiger partial charge in [0, 0.05) is 22.1 Å². The highest BCUT2D eigenvalue weighted by atomic mass is 79.9. The number of rotatable bonds is 8. The predicted molar refractivity (Wildman–Crippen MR) is 128 cm³/mol. The molecule has 0 saturated heterocycles. The van der Waals surface area contributed by atoms with Crippen molar-refractivity contribution in [1.82, 2.24) is 20.2 Å². The van der Waals surface area contributed by atoms with E-state index in [1.165, 1.54) is 18.0 Å². The number of carbonyl (C=O) groups excluding carboxylic acids is 1. The zero-order chi connectivity index (χ0) is 22.4. The second kappa shape index (κ2) is 10.8. The Morgan fingerprint density at radius 2 is 2.03 bits per heavy atom. The molecule has 11 heteroatoms. The van der Waals surface area contributed by atoms with Crippen LogP contribution in [0.5, 0.6) is 11.5 Å². The fraction of sp³-hybridized carbons (Fsp3) is 0.200. The lowest BCUT2D eigenvalue weighted by Crippen LogP contribution is -2.20. The van der Waals surface area contributed by atoms with E-state index in [2.05, 4.69) is 52.6 Å². The van der Waals surface area contributed by atoms with E-state index in [4.69, 9.17) is 4.74 Å². The van der Waals surface area contributed by atoms with Crippen molar-refractivity contribution in [3.05, 3.63) is 50.9 Å². The van der Waals surface area contributed by atoms with Gasteiger partial charge in [-0.25, -0.2) is 5.43 Å². The third-order valence-electron chi connectivity index (χ3n) is 4.16. The fourth-order valence-corrected chi connectivity index (χ4v) is 4.71. The lowest BCUT2D eigenvalue weighted by molar-refractivity contribution is -0.118. The summed E-state index contributed by atoms with van der Waals surface area (Å²) in [6.45, 7) is 2.65. The average Bonchev–Trinajstić information content (AvgIpc) is 3.18. The molecule has 0 fully saturated rings. The van der Waals surface area contributed by atoms with Gasteiger partial charge >= 0.3 is 0 Å². The molecule has 162 valence electrons. The molecule has 0 aliphatic carbocycles. The van der Waals surface area contributed by atoms with Crippen LogP contribution in [0, 0.1) is 0 Å². The number of nitrogens with one attached hydrogen (secondary N) is 1. The smallest absolute Gasteiger partial charge is 0.250 e. The second-order valence-corrected chi connectivity index (χ2v) is 8.90. The van der Waals surface area contributed by atoms with Crippen LogP contribution < -0.4 is 10.2 Å². The Morgan fingerprint density at radius 1 is 1.29 bits per heavy atom. The summed E-state index contributed by atoms with van der Waals surface area (Å²) < 4.78 is 8.43. The van der Waals surface area contributed by atoms with E-state index in [0.29, 0.717) is 21.7 Å². The molecule has 3 aromatic rings. The van der Waals surface area contributed by atoms with Crippen LogP contribution in [0.25, 0.3) is 11.4 Å². The molecule has 2 aromatic carbocycles. The first-order valence-corrected chi connectivity index (χ1v) is 11.7. The fourth-order valence-electron chi connectivity index (χ4n) is 2.65. The standard InChI is InChI=1S/C20H19Br2N5O3S/c1-3-27-19(12-4-6-15(30-2)7-5-12)25-26-20(27)31-11-17(28)24-23-10-13-8-14(21)9-16(22)18(13)29/h4-10,29H,3,11H2,1-2H3,(H,24,28). The summed E-state index contributed by atoms with van der Waals surface area (Å²) in [6.07, 6.45) is 1.38. The number of aromatic nitrogens is 3. The predicted octanol–water partition coefficient (Wildman–Crippen LogP) is 4.45. The molecule has 3 rings (SSSR count). The van der Waals surface area contributed by atoms with E-state index in [0.717, 1.165) is 21.6 Å². The molecule has 0 aliphatic rings. The highest BCUT2D eigenvalue weighted by Crippen LogP contribution is 2.30. The number of aromatic hydroxyl groups is 1. The van der Waals surface area contributed by atoms with E-state index in [-0.39, 0.29) is 17.4 Å². The monoisotopic (exact) mass is 567 g/mol. The van der Waals surface area contributed by atoms with Crippen molar-refractivity contribution in [2.24, 2.45) is 5.10 Å². The van der Waals surface area contributed by atoms with Gasteiger partial charge in [0.25, 0.3) is 5.91 Å². The molecule has 0 spiro atoms.